The Hall–Kier alpha value is -2.11. The minimum atomic E-state index is -1.13. The fourth-order valence-corrected chi connectivity index (χ4v) is 1.52. The van der Waals surface area contributed by atoms with Gasteiger partial charge in [-0.1, -0.05) is 5.16 Å². The summed E-state index contributed by atoms with van der Waals surface area (Å²) in [5, 5.41) is 16.6. The van der Waals surface area contributed by atoms with E-state index < -0.39 is 5.97 Å². The van der Waals surface area contributed by atoms with Gasteiger partial charge in [-0.2, -0.15) is 5.10 Å². The minimum Gasteiger partial charge on any atom is -0.475 e. The van der Waals surface area contributed by atoms with E-state index in [0.717, 1.165) is 17.8 Å². The lowest BCUT2D eigenvalue weighted by Gasteiger charge is -1.98. The number of aromatic carboxylic acids is 1. The molecule has 2 aromatic heterocycles. The van der Waals surface area contributed by atoms with E-state index in [1.807, 2.05) is 18.5 Å². The van der Waals surface area contributed by atoms with Gasteiger partial charge in [-0.3, -0.25) is 4.68 Å². The standard InChI is InChI=1S/C10H11N3O3/c1-3-13-6(2)7(5-11-13)8-4-9(10(14)15)16-12-8/h4-5H,3H2,1-2H3,(H,14,15). The SMILES string of the molecule is CCn1ncc(-c2cc(C(=O)O)on2)c1C. The zero-order valence-electron chi connectivity index (χ0n) is 8.97. The lowest BCUT2D eigenvalue weighted by atomic mass is 10.2. The number of carboxylic acid groups (broad SMARTS) is 1. The van der Waals surface area contributed by atoms with Gasteiger partial charge in [0, 0.05) is 23.9 Å². The van der Waals surface area contributed by atoms with Crippen molar-refractivity contribution in [3.63, 3.8) is 0 Å². The smallest absolute Gasteiger partial charge is 0.374 e. The third-order valence-electron chi connectivity index (χ3n) is 2.40. The van der Waals surface area contributed by atoms with Crippen molar-refractivity contribution in [2.75, 3.05) is 0 Å². The van der Waals surface area contributed by atoms with Gasteiger partial charge < -0.3 is 9.63 Å². The second-order valence-electron chi connectivity index (χ2n) is 3.34. The summed E-state index contributed by atoms with van der Waals surface area (Å²) < 4.78 is 6.50. The van der Waals surface area contributed by atoms with Crippen LogP contribution in [0.4, 0.5) is 0 Å². The summed E-state index contributed by atoms with van der Waals surface area (Å²) in [7, 11) is 0. The summed E-state index contributed by atoms with van der Waals surface area (Å²) in [5.74, 6) is -1.29. The summed E-state index contributed by atoms with van der Waals surface area (Å²) in [6, 6.07) is 1.40. The quantitative estimate of drug-likeness (QED) is 0.850. The van der Waals surface area contributed by atoms with Crippen molar-refractivity contribution in [1.29, 1.82) is 0 Å². The number of aryl methyl sites for hydroxylation is 1. The highest BCUT2D eigenvalue weighted by Crippen LogP contribution is 2.22. The molecule has 0 unspecified atom stereocenters. The minimum absolute atomic E-state index is 0.168. The highest BCUT2D eigenvalue weighted by Gasteiger charge is 2.15. The number of carbonyl (C=O) groups is 1. The Morgan fingerprint density at radius 1 is 1.62 bits per heavy atom. The van der Waals surface area contributed by atoms with Crippen LogP contribution >= 0.6 is 0 Å². The Kier molecular flexibility index (Phi) is 2.47. The van der Waals surface area contributed by atoms with Crippen LogP contribution < -0.4 is 0 Å². The molecule has 0 saturated carbocycles. The zero-order valence-corrected chi connectivity index (χ0v) is 8.97. The molecule has 0 aliphatic heterocycles. The van der Waals surface area contributed by atoms with Gasteiger partial charge in [-0.05, 0) is 13.8 Å². The van der Waals surface area contributed by atoms with Crippen LogP contribution in [0.1, 0.15) is 23.2 Å². The molecule has 16 heavy (non-hydrogen) atoms. The van der Waals surface area contributed by atoms with Gasteiger partial charge in [0.1, 0.15) is 5.69 Å². The highest BCUT2D eigenvalue weighted by molar-refractivity contribution is 5.85. The van der Waals surface area contributed by atoms with E-state index >= 15 is 0 Å². The molecule has 0 aromatic carbocycles. The van der Waals surface area contributed by atoms with E-state index in [1.165, 1.54) is 6.07 Å². The van der Waals surface area contributed by atoms with E-state index in [1.54, 1.807) is 6.20 Å². The van der Waals surface area contributed by atoms with E-state index in [2.05, 4.69) is 10.3 Å². The van der Waals surface area contributed by atoms with Crippen molar-refractivity contribution in [2.24, 2.45) is 0 Å². The van der Waals surface area contributed by atoms with Gasteiger partial charge in [0.05, 0.1) is 6.20 Å². The van der Waals surface area contributed by atoms with Gasteiger partial charge in [0.2, 0.25) is 5.76 Å². The Bertz CT molecular complexity index is 527. The van der Waals surface area contributed by atoms with Crippen LogP contribution in [0.25, 0.3) is 11.3 Å². The third kappa shape index (κ3) is 1.58. The second-order valence-corrected chi connectivity index (χ2v) is 3.34. The number of nitrogens with zero attached hydrogens (tertiary/aromatic N) is 3. The van der Waals surface area contributed by atoms with Crippen LogP contribution in [0.3, 0.4) is 0 Å². The third-order valence-corrected chi connectivity index (χ3v) is 2.40. The monoisotopic (exact) mass is 221 g/mol. The molecule has 6 nitrogen and oxygen atoms in total. The summed E-state index contributed by atoms with van der Waals surface area (Å²) in [4.78, 5) is 10.6. The average molecular weight is 221 g/mol. The lowest BCUT2D eigenvalue weighted by Crippen LogP contribution is -1.98. The number of hydrogen-bond donors (Lipinski definition) is 1. The molecular weight excluding hydrogens is 210 g/mol. The molecule has 1 N–H and O–H groups in total. The van der Waals surface area contributed by atoms with Gasteiger partial charge in [0.25, 0.3) is 0 Å². The topological polar surface area (TPSA) is 81.2 Å². The van der Waals surface area contributed by atoms with Crippen molar-refractivity contribution in [1.82, 2.24) is 14.9 Å². The van der Waals surface area contributed by atoms with Crippen LogP contribution in [0, 0.1) is 6.92 Å². The van der Waals surface area contributed by atoms with Gasteiger partial charge in [0.15, 0.2) is 0 Å². The summed E-state index contributed by atoms with van der Waals surface area (Å²) in [6.07, 6.45) is 1.66. The summed E-state index contributed by atoms with van der Waals surface area (Å²) >= 11 is 0. The molecule has 2 heterocycles. The lowest BCUT2D eigenvalue weighted by molar-refractivity contribution is 0.0652. The molecular formula is C10H11N3O3. The molecule has 0 aliphatic rings. The van der Waals surface area contributed by atoms with E-state index in [0.29, 0.717) is 5.69 Å². The Morgan fingerprint density at radius 2 is 2.38 bits per heavy atom. The number of carboxylic acids is 1. The largest absolute Gasteiger partial charge is 0.475 e. The van der Waals surface area contributed by atoms with Crippen molar-refractivity contribution in [3.8, 4) is 11.3 Å². The second kappa shape index (κ2) is 3.80. The number of rotatable bonds is 3. The Balaban J connectivity index is 2.42. The molecule has 0 saturated heterocycles. The molecule has 0 atom stereocenters. The molecule has 0 bridgehead atoms. The van der Waals surface area contributed by atoms with Gasteiger partial charge in [-0.25, -0.2) is 4.79 Å². The molecule has 0 amide bonds. The zero-order chi connectivity index (χ0) is 11.7. The number of aromatic nitrogens is 3. The van der Waals surface area contributed by atoms with E-state index in [4.69, 9.17) is 9.63 Å². The first-order chi connectivity index (χ1) is 7.63. The predicted octanol–water partition coefficient (Wildman–Crippen LogP) is 1.56. The van der Waals surface area contributed by atoms with Gasteiger partial charge >= 0.3 is 5.97 Å². The number of hydrogen-bond acceptors (Lipinski definition) is 4. The summed E-state index contributed by atoms with van der Waals surface area (Å²) in [6.45, 7) is 4.64. The molecule has 0 aliphatic carbocycles. The van der Waals surface area contributed by atoms with Crippen LogP contribution in [0.15, 0.2) is 16.8 Å². The highest BCUT2D eigenvalue weighted by atomic mass is 16.5. The van der Waals surface area contributed by atoms with Crippen LogP contribution in [-0.4, -0.2) is 26.0 Å². The first-order valence-electron chi connectivity index (χ1n) is 4.86. The van der Waals surface area contributed by atoms with Crippen LogP contribution in [-0.2, 0) is 6.54 Å². The maximum atomic E-state index is 10.6. The van der Waals surface area contributed by atoms with E-state index in [9.17, 15) is 4.79 Å². The first kappa shape index (κ1) is 10.4. The molecule has 0 fully saturated rings. The van der Waals surface area contributed by atoms with Crippen molar-refractivity contribution >= 4 is 5.97 Å². The Labute approximate surface area is 91.5 Å². The molecule has 0 radical (unpaired) electrons. The fourth-order valence-electron chi connectivity index (χ4n) is 1.52. The Morgan fingerprint density at radius 3 is 2.88 bits per heavy atom. The first-order valence-corrected chi connectivity index (χ1v) is 4.86. The molecule has 0 spiro atoms. The molecule has 2 aromatic rings. The molecule has 84 valence electrons. The van der Waals surface area contributed by atoms with Crippen molar-refractivity contribution < 1.29 is 14.4 Å². The maximum absolute atomic E-state index is 10.6. The van der Waals surface area contributed by atoms with Crippen LogP contribution in [0.5, 0.6) is 0 Å². The fraction of sp³-hybridized carbons (Fsp3) is 0.300. The van der Waals surface area contributed by atoms with Crippen molar-refractivity contribution in [3.05, 3.63) is 23.7 Å². The van der Waals surface area contributed by atoms with E-state index in [-0.39, 0.29) is 5.76 Å². The summed E-state index contributed by atoms with van der Waals surface area (Å²) in [5.41, 5.74) is 2.22. The van der Waals surface area contributed by atoms with Gasteiger partial charge in [-0.15, -0.1) is 0 Å². The molecule has 6 heteroatoms. The normalized spacial score (nSPS) is 10.6. The van der Waals surface area contributed by atoms with Crippen molar-refractivity contribution in [2.45, 2.75) is 20.4 Å². The average Bonchev–Trinajstić information content (AvgIpc) is 2.83. The van der Waals surface area contributed by atoms with Crippen LogP contribution in [0.2, 0.25) is 0 Å². The maximum Gasteiger partial charge on any atom is 0.374 e. The predicted molar refractivity (Wildman–Crippen MR) is 55.1 cm³/mol. The molecule has 2 rings (SSSR count).